The number of benzene rings is 1. The molecule has 0 bridgehead atoms. The normalized spacial score (nSPS) is 10.9. The SMILES string of the molecule is CN(C)c1ccc(Nc2ccc(NC(=O)OC(C)(C)C)nn2)cc1. The third-order valence-electron chi connectivity index (χ3n) is 2.95. The second-order valence-electron chi connectivity index (χ2n) is 6.50. The summed E-state index contributed by atoms with van der Waals surface area (Å²) in [5.41, 5.74) is 1.46. The van der Waals surface area contributed by atoms with Crippen LogP contribution in [0.25, 0.3) is 0 Å². The molecular weight excluding hydrogens is 306 g/mol. The molecule has 0 fully saturated rings. The lowest BCUT2D eigenvalue weighted by molar-refractivity contribution is 0.0635. The minimum absolute atomic E-state index is 0.331. The van der Waals surface area contributed by atoms with E-state index in [1.54, 1.807) is 32.9 Å². The molecule has 0 radical (unpaired) electrons. The van der Waals surface area contributed by atoms with Crippen molar-refractivity contribution in [1.29, 1.82) is 0 Å². The summed E-state index contributed by atoms with van der Waals surface area (Å²) < 4.78 is 5.16. The first-order valence-electron chi connectivity index (χ1n) is 7.61. The smallest absolute Gasteiger partial charge is 0.413 e. The Morgan fingerprint density at radius 3 is 2.08 bits per heavy atom. The number of hydrogen-bond donors (Lipinski definition) is 2. The van der Waals surface area contributed by atoms with E-state index in [9.17, 15) is 4.79 Å². The van der Waals surface area contributed by atoms with Crippen LogP contribution in [0, 0.1) is 0 Å². The van der Waals surface area contributed by atoms with Gasteiger partial charge in [-0.25, -0.2) is 4.79 Å². The molecule has 0 saturated carbocycles. The molecule has 0 aliphatic rings. The number of carbonyl (C=O) groups is 1. The number of ether oxygens (including phenoxy) is 1. The summed E-state index contributed by atoms with van der Waals surface area (Å²) in [6.45, 7) is 5.40. The maximum Gasteiger partial charge on any atom is 0.413 e. The molecule has 1 aromatic carbocycles. The zero-order valence-corrected chi connectivity index (χ0v) is 14.6. The van der Waals surface area contributed by atoms with Crippen molar-refractivity contribution in [3.8, 4) is 0 Å². The van der Waals surface area contributed by atoms with Crippen molar-refractivity contribution in [3.63, 3.8) is 0 Å². The summed E-state index contributed by atoms with van der Waals surface area (Å²) in [6, 6.07) is 11.3. The van der Waals surface area contributed by atoms with Gasteiger partial charge >= 0.3 is 6.09 Å². The largest absolute Gasteiger partial charge is 0.444 e. The Labute approximate surface area is 142 Å². The van der Waals surface area contributed by atoms with Gasteiger partial charge in [0, 0.05) is 25.5 Å². The fourth-order valence-electron chi connectivity index (χ4n) is 1.86. The van der Waals surface area contributed by atoms with Gasteiger partial charge in [0.05, 0.1) is 0 Å². The number of hydrogen-bond acceptors (Lipinski definition) is 6. The Bertz CT molecular complexity index is 676. The van der Waals surface area contributed by atoms with Crippen molar-refractivity contribution < 1.29 is 9.53 Å². The summed E-state index contributed by atoms with van der Waals surface area (Å²) in [5, 5.41) is 13.7. The quantitative estimate of drug-likeness (QED) is 0.891. The van der Waals surface area contributed by atoms with Gasteiger partial charge in [0.15, 0.2) is 11.6 Å². The molecule has 2 rings (SSSR count). The van der Waals surface area contributed by atoms with E-state index in [0.29, 0.717) is 11.6 Å². The van der Waals surface area contributed by atoms with Crippen LogP contribution in [0.2, 0.25) is 0 Å². The Kier molecular flexibility index (Phi) is 5.23. The summed E-state index contributed by atoms with van der Waals surface area (Å²) in [4.78, 5) is 13.7. The van der Waals surface area contributed by atoms with Crippen LogP contribution in [0.15, 0.2) is 36.4 Å². The van der Waals surface area contributed by atoms with Crippen LogP contribution in [0.1, 0.15) is 20.8 Å². The van der Waals surface area contributed by atoms with Crippen LogP contribution in [0.4, 0.5) is 27.8 Å². The highest BCUT2D eigenvalue weighted by molar-refractivity contribution is 5.83. The average Bonchev–Trinajstić information content (AvgIpc) is 2.48. The molecule has 0 aliphatic heterocycles. The Balaban J connectivity index is 1.95. The molecule has 7 nitrogen and oxygen atoms in total. The lowest BCUT2D eigenvalue weighted by Gasteiger charge is -2.19. The molecule has 128 valence electrons. The van der Waals surface area contributed by atoms with Crippen LogP contribution < -0.4 is 15.5 Å². The van der Waals surface area contributed by atoms with Gasteiger partial charge in [-0.05, 0) is 57.2 Å². The van der Waals surface area contributed by atoms with Crippen LogP contribution in [-0.2, 0) is 4.74 Å². The van der Waals surface area contributed by atoms with Gasteiger partial charge in [0.2, 0.25) is 0 Å². The molecule has 2 aromatic rings. The van der Waals surface area contributed by atoms with E-state index >= 15 is 0 Å². The molecule has 2 N–H and O–H groups in total. The summed E-state index contributed by atoms with van der Waals surface area (Å²) in [6.07, 6.45) is -0.559. The second-order valence-corrected chi connectivity index (χ2v) is 6.50. The van der Waals surface area contributed by atoms with Gasteiger partial charge in [-0.15, -0.1) is 10.2 Å². The number of anilines is 4. The van der Waals surface area contributed by atoms with Crippen LogP contribution in [-0.4, -0.2) is 36.0 Å². The van der Waals surface area contributed by atoms with Crippen molar-refractivity contribution in [2.24, 2.45) is 0 Å². The third kappa shape index (κ3) is 5.42. The number of rotatable bonds is 4. The molecular formula is C17H23N5O2. The van der Waals surface area contributed by atoms with E-state index in [0.717, 1.165) is 11.4 Å². The van der Waals surface area contributed by atoms with Gasteiger partial charge < -0.3 is 15.0 Å². The minimum atomic E-state index is -0.559. The van der Waals surface area contributed by atoms with E-state index < -0.39 is 11.7 Å². The van der Waals surface area contributed by atoms with Crippen LogP contribution in [0.3, 0.4) is 0 Å². The van der Waals surface area contributed by atoms with Crippen molar-refractivity contribution in [1.82, 2.24) is 10.2 Å². The monoisotopic (exact) mass is 329 g/mol. The van der Waals surface area contributed by atoms with E-state index in [2.05, 4.69) is 20.8 Å². The van der Waals surface area contributed by atoms with Gasteiger partial charge in [-0.3, -0.25) is 5.32 Å². The lowest BCUT2D eigenvalue weighted by atomic mass is 10.2. The Hall–Kier alpha value is -2.83. The molecule has 7 heteroatoms. The molecule has 1 amide bonds. The van der Waals surface area contributed by atoms with E-state index in [1.165, 1.54) is 0 Å². The van der Waals surface area contributed by atoms with Gasteiger partial charge in [0.1, 0.15) is 5.60 Å². The molecule has 0 aliphatic carbocycles. The Morgan fingerprint density at radius 2 is 1.58 bits per heavy atom. The van der Waals surface area contributed by atoms with Crippen molar-refractivity contribution in [2.75, 3.05) is 29.6 Å². The fraction of sp³-hybridized carbons (Fsp3) is 0.353. The van der Waals surface area contributed by atoms with Crippen molar-refractivity contribution in [2.45, 2.75) is 26.4 Å². The summed E-state index contributed by atoms with van der Waals surface area (Å²) in [7, 11) is 3.98. The fourth-order valence-corrected chi connectivity index (χ4v) is 1.86. The highest BCUT2D eigenvalue weighted by Crippen LogP contribution is 2.19. The predicted molar refractivity (Wildman–Crippen MR) is 95.9 cm³/mol. The number of nitrogens with zero attached hydrogens (tertiary/aromatic N) is 3. The summed E-state index contributed by atoms with van der Waals surface area (Å²) >= 11 is 0. The van der Waals surface area contributed by atoms with E-state index in [1.807, 2.05) is 43.3 Å². The zero-order chi connectivity index (χ0) is 17.7. The molecule has 24 heavy (non-hydrogen) atoms. The van der Waals surface area contributed by atoms with E-state index in [4.69, 9.17) is 4.74 Å². The number of amides is 1. The first-order chi connectivity index (χ1) is 11.2. The van der Waals surface area contributed by atoms with Gasteiger partial charge in [0.25, 0.3) is 0 Å². The lowest BCUT2D eigenvalue weighted by Crippen LogP contribution is -2.27. The number of carbonyl (C=O) groups excluding carboxylic acids is 1. The third-order valence-corrected chi connectivity index (χ3v) is 2.95. The van der Waals surface area contributed by atoms with Gasteiger partial charge in [-0.2, -0.15) is 0 Å². The highest BCUT2D eigenvalue weighted by atomic mass is 16.6. The molecule has 0 saturated heterocycles. The van der Waals surface area contributed by atoms with Crippen molar-refractivity contribution >= 4 is 29.1 Å². The standard InChI is InChI=1S/C17H23N5O2/c1-17(2,3)24-16(23)19-15-11-10-14(20-21-15)18-12-6-8-13(9-7-12)22(4)5/h6-11H,1-5H3,(H,18,20)(H,19,21,23). The first kappa shape index (κ1) is 17.5. The maximum absolute atomic E-state index is 11.7. The maximum atomic E-state index is 11.7. The Morgan fingerprint density at radius 1 is 1.00 bits per heavy atom. The van der Waals surface area contributed by atoms with Crippen LogP contribution in [0.5, 0.6) is 0 Å². The number of nitrogens with one attached hydrogen (secondary N) is 2. The second kappa shape index (κ2) is 7.16. The average molecular weight is 329 g/mol. The van der Waals surface area contributed by atoms with Gasteiger partial charge in [-0.1, -0.05) is 0 Å². The minimum Gasteiger partial charge on any atom is -0.444 e. The van der Waals surface area contributed by atoms with Crippen LogP contribution >= 0.6 is 0 Å². The topological polar surface area (TPSA) is 79.4 Å². The summed E-state index contributed by atoms with van der Waals surface area (Å²) in [5.74, 6) is 0.917. The molecule has 0 unspecified atom stereocenters. The highest BCUT2D eigenvalue weighted by Gasteiger charge is 2.16. The molecule has 1 aromatic heterocycles. The predicted octanol–water partition coefficient (Wildman–Crippen LogP) is 3.63. The first-order valence-corrected chi connectivity index (χ1v) is 7.61. The molecule has 0 spiro atoms. The van der Waals surface area contributed by atoms with E-state index in [-0.39, 0.29) is 0 Å². The van der Waals surface area contributed by atoms with Crippen molar-refractivity contribution in [3.05, 3.63) is 36.4 Å². The molecule has 0 atom stereocenters. The molecule has 1 heterocycles. The zero-order valence-electron chi connectivity index (χ0n) is 14.6. The number of aromatic nitrogens is 2.